The predicted octanol–water partition coefficient (Wildman–Crippen LogP) is 4.74. The maximum atomic E-state index is 12.7. The first-order valence-corrected chi connectivity index (χ1v) is 10.8. The third kappa shape index (κ3) is 4.15. The number of aromatic nitrogens is 3. The van der Waals surface area contributed by atoms with Crippen molar-refractivity contribution in [2.45, 2.75) is 51.1 Å². The molecule has 0 radical (unpaired) electrons. The Balaban J connectivity index is 1.48. The molecular formula is C19H22Cl3N5O. The number of halogens is 3. The van der Waals surface area contributed by atoms with E-state index in [-0.39, 0.29) is 18.5 Å². The van der Waals surface area contributed by atoms with Gasteiger partial charge >= 0.3 is 0 Å². The number of fused-ring (bicyclic) bond motifs is 1. The zero-order chi connectivity index (χ0) is 19.7. The molecule has 6 nitrogen and oxygen atoms in total. The van der Waals surface area contributed by atoms with Crippen molar-refractivity contribution >= 4 is 46.4 Å². The van der Waals surface area contributed by atoms with Crippen LogP contribution in [-0.2, 0) is 17.8 Å². The van der Waals surface area contributed by atoms with Crippen molar-refractivity contribution < 1.29 is 4.79 Å². The first-order chi connectivity index (χ1) is 13.5. The normalized spacial score (nSPS) is 20.0. The number of carbonyl (C=O) groups excluding carboxylic acids is 1. The highest BCUT2D eigenvalue weighted by molar-refractivity contribution is 6.42. The Bertz CT molecular complexity index is 861. The summed E-state index contributed by atoms with van der Waals surface area (Å²) in [6.45, 7) is 2.06. The highest BCUT2D eigenvalue weighted by Crippen LogP contribution is 2.35. The van der Waals surface area contributed by atoms with E-state index in [1.807, 2.05) is 0 Å². The van der Waals surface area contributed by atoms with Gasteiger partial charge in [0, 0.05) is 18.0 Å². The van der Waals surface area contributed by atoms with Gasteiger partial charge in [-0.15, -0.1) is 10.2 Å². The predicted molar refractivity (Wildman–Crippen MR) is 111 cm³/mol. The number of anilines is 1. The summed E-state index contributed by atoms with van der Waals surface area (Å²) in [6.07, 6.45) is 6.53. The lowest BCUT2D eigenvalue weighted by molar-refractivity contribution is -0.117. The van der Waals surface area contributed by atoms with Crippen molar-refractivity contribution in [1.29, 1.82) is 0 Å². The van der Waals surface area contributed by atoms with Crippen molar-refractivity contribution in [2.24, 2.45) is 0 Å². The highest BCUT2D eigenvalue weighted by atomic mass is 35.5. The van der Waals surface area contributed by atoms with Crippen LogP contribution in [-0.4, -0.2) is 38.7 Å². The number of rotatable bonds is 4. The van der Waals surface area contributed by atoms with Gasteiger partial charge in [0.1, 0.15) is 11.6 Å². The molecule has 1 fully saturated rings. The largest absolute Gasteiger partial charge is 0.322 e. The summed E-state index contributed by atoms with van der Waals surface area (Å²) >= 11 is 18.3. The molecule has 4 rings (SSSR count). The number of aryl methyl sites for hydroxylation is 1. The van der Waals surface area contributed by atoms with Gasteiger partial charge in [0.15, 0.2) is 0 Å². The molecule has 3 heterocycles. The van der Waals surface area contributed by atoms with Crippen LogP contribution in [0.4, 0.5) is 5.69 Å². The minimum atomic E-state index is -0.159. The van der Waals surface area contributed by atoms with E-state index in [4.69, 9.17) is 34.8 Å². The maximum absolute atomic E-state index is 12.7. The van der Waals surface area contributed by atoms with Gasteiger partial charge in [-0.1, -0.05) is 41.2 Å². The smallest absolute Gasteiger partial charge is 0.238 e. The number of hydrogen-bond acceptors (Lipinski definition) is 4. The fourth-order valence-corrected chi connectivity index (χ4v) is 5.00. The zero-order valence-electron chi connectivity index (χ0n) is 15.4. The van der Waals surface area contributed by atoms with Gasteiger partial charge in [0.2, 0.25) is 5.91 Å². The second-order valence-electron chi connectivity index (χ2n) is 7.36. The molecule has 2 aromatic rings. The van der Waals surface area contributed by atoms with E-state index in [0.717, 1.165) is 56.8 Å². The minimum Gasteiger partial charge on any atom is -0.322 e. The van der Waals surface area contributed by atoms with Gasteiger partial charge in [0.05, 0.1) is 28.3 Å². The van der Waals surface area contributed by atoms with Gasteiger partial charge in [-0.25, -0.2) is 0 Å². The van der Waals surface area contributed by atoms with Gasteiger partial charge in [-0.3, -0.25) is 9.69 Å². The average Bonchev–Trinajstić information content (AvgIpc) is 3.18. The fourth-order valence-electron chi connectivity index (χ4n) is 4.09. The van der Waals surface area contributed by atoms with Crippen molar-refractivity contribution in [2.75, 3.05) is 18.4 Å². The summed E-state index contributed by atoms with van der Waals surface area (Å²) in [5.41, 5.74) is 0.393. The van der Waals surface area contributed by atoms with Crippen LogP contribution in [0.3, 0.4) is 0 Å². The number of hydrogen-bond donors (Lipinski definition) is 1. The van der Waals surface area contributed by atoms with E-state index >= 15 is 0 Å². The molecule has 1 saturated heterocycles. The maximum Gasteiger partial charge on any atom is 0.238 e. The zero-order valence-corrected chi connectivity index (χ0v) is 17.7. The Labute approximate surface area is 179 Å². The van der Waals surface area contributed by atoms with Crippen molar-refractivity contribution in [3.05, 3.63) is 38.8 Å². The van der Waals surface area contributed by atoms with Crippen LogP contribution in [0.2, 0.25) is 15.1 Å². The summed E-state index contributed by atoms with van der Waals surface area (Å²) in [5, 5.41) is 12.8. The topological polar surface area (TPSA) is 63.1 Å². The van der Waals surface area contributed by atoms with E-state index < -0.39 is 0 Å². The molecule has 1 atom stereocenters. The Morgan fingerprint density at radius 1 is 1.07 bits per heavy atom. The lowest BCUT2D eigenvalue weighted by Gasteiger charge is -2.24. The Kier molecular flexibility index (Phi) is 6.11. The SMILES string of the molecule is O=C(CN1CCCC1c1nnc2n1CCCCC2)Nc1c(Cl)cc(Cl)cc1Cl. The Hall–Kier alpha value is -1.34. The number of likely N-dealkylation sites (tertiary alicyclic amines) is 1. The standard InChI is InChI=1S/C19H22Cl3N5O/c20-12-9-13(21)18(14(22)10-12)23-17(28)11-26-7-4-5-15(26)19-25-24-16-6-2-1-3-8-27(16)19/h9-10,15H,1-8,11H2,(H,23,28). The lowest BCUT2D eigenvalue weighted by atomic mass is 10.2. The molecule has 9 heteroatoms. The first-order valence-electron chi connectivity index (χ1n) is 9.63. The Morgan fingerprint density at radius 2 is 1.86 bits per heavy atom. The Morgan fingerprint density at radius 3 is 2.64 bits per heavy atom. The molecule has 0 aliphatic carbocycles. The van der Waals surface area contributed by atoms with Crippen LogP contribution >= 0.6 is 34.8 Å². The molecule has 0 saturated carbocycles. The monoisotopic (exact) mass is 441 g/mol. The van der Waals surface area contributed by atoms with Crippen molar-refractivity contribution in [3.63, 3.8) is 0 Å². The molecule has 150 valence electrons. The second kappa shape index (κ2) is 8.57. The van der Waals surface area contributed by atoms with Gasteiger partial charge in [-0.2, -0.15) is 0 Å². The van der Waals surface area contributed by atoms with E-state index in [2.05, 4.69) is 25.0 Å². The molecule has 1 aromatic carbocycles. The number of nitrogens with zero attached hydrogens (tertiary/aromatic N) is 4. The second-order valence-corrected chi connectivity index (χ2v) is 8.61. The van der Waals surface area contributed by atoms with Crippen LogP contribution < -0.4 is 5.32 Å². The van der Waals surface area contributed by atoms with E-state index in [1.54, 1.807) is 12.1 Å². The quantitative estimate of drug-likeness (QED) is 0.743. The van der Waals surface area contributed by atoms with E-state index in [9.17, 15) is 4.79 Å². The molecule has 2 aliphatic heterocycles. The van der Waals surface area contributed by atoms with E-state index in [0.29, 0.717) is 20.8 Å². The van der Waals surface area contributed by atoms with E-state index in [1.165, 1.54) is 6.42 Å². The van der Waals surface area contributed by atoms with Crippen molar-refractivity contribution in [3.8, 4) is 0 Å². The summed E-state index contributed by atoms with van der Waals surface area (Å²) in [5.74, 6) is 1.90. The van der Waals surface area contributed by atoms with Gasteiger partial charge in [0.25, 0.3) is 0 Å². The lowest BCUT2D eigenvalue weighted by Crippen LogP contribution is -2.34. The highest BCUT2D eigenvalue weighted by Gasteiger charge is 2.32. The molecule has 2 aliphatic rings. The van der Waals surface area contributed by atoms with Crippen LogP contribution in [0.5, 0.6) is 0 Å². The number of carbonyl (C=O) groups is 1. The minimum absolute atomic E-state index is 0.112. The van der Waals surface area contributed by atoms with Crippen LogP contribution in [0.25, 0.3) is 0 Å². The summed E-state index contributed by atoms with van der Waals surface area (Å²) in [7, 11) is 0. The molecule has 1 N–H and O–H groups in total. The number of nitrogens with one attached hydrogen (secondary N) is 1. The first kappa shape index (κ1) is 20.0. The third-order valence-electron chi connectivity index (χ3n) is 5.42. The van der Waals surface area contributed by atoms with Crippen LogP contribution in [0, 0.1) is 0 Å². The summed E-state index contributed by atoms with van der Waals surface area (Å²) in [6, 6.07) is 3.24. The molecule has 0 bridgehead atoms. The van der Waals surface area contributed by atoms with Crippen LogP contribution in [0.15, 0.2) is 12.1 Å². The third-order valence-corrected chi connectivity index (χ3v) is 6.23. The molecule has 1 unspecified atom stereocenters. The van der Waals surface area contributed by atoms with Crippen molar-refractivity contribution in [1.82, 2.24) is 19.7 Å². The van der Waals surface area contributed by atoms with Crippen LogP contribution in [0.1, 0.15) is 49.8 Å². The molecular weight excluding hydrogens is 421 g/mol. The van der Waals surface area contributed by atoms with Gasteiger partial charge in [-0.05, 0) is 44.4 Å². The number of amides is 1. The molecule has 28 heavy (non-hydrogen) atoms. The molecule has 0 spiro atoms. The fraction of sp³-hybridized carbons (Fsp3) is 0.526. The average molecular weight is 443 g/mol. The van der Waals surface area contributed by atoms with Gasteiger partial charge < -0.3 is 9.88 Å². The number of benzene rings is 1. The molecule has 1 amide bonds. The molecule has 1 aromatic heterocycles. The summed E-state index contributed by atoms with van der Waals surface area (Å²) < 4.78 is 2.26. The summed E-state index contributed by atoms with van der Waals surface area (Å²) in [4.78, 5) is 14.8.